The van der Waals surface area contributed by atoms with E-state index < -0.39 is 10.0 Å². The minimum Gasteiger partial charge on any atom is -0.349 e. The Morgan fingerprint density at radius 2 is 2.19 bits per heavy atom. The molecule has 1 aromatic rings. The van der Waals surface area contributed by atoms with Gasteiger partial charge in [-0.1, -0.05) is 6.92 Å². The van der Waals surface area contributed by atoms with Crippen LogP contribution in [-0.2, 0) is 14.8 Å². The summed E-state index contributed by atoms with van der Waals surface area (Å²) < 4.78 is 22.2. The van der Waals surface area contributed by atoms with Crippen molar-refractivity contribution in [2.45, 2.75) is 30.5 Å². The first-order chi connectivity index (χ1) is 7.34. The van der Waals surface area contributed by atoms with Crippen molar-refractivity contribution >= 4 is 27.3 Å². The summed E-state index contributed by atoms with van der Waals surface area (Å²) in [5.41, 5.74) is 0. The van der Waals surface area contributed by atoms with Crippen LogP contribution in [0.1, 0.15) is 31.2 Å². The third kappa shape index (κ3) is 3.29. The monoisotopic (exact) mass is 262 g/mol. The lowest BCUT2D eigenvalue weighted by Crippen LogP contribution is -2.24. The number of thiophene rings is 1. The van der Waals surface area contributed by atoms with Crippen molar-refractivity contribution in [3.63, 3.8) is 0 Å². The molecule has 1 rings (SSSR count). The molecule has 0 aliphatic rings. The zero-order valence-corrected chi connectivity index (χ0v) is 10.7. The molecule has 0 aromatic carbocycles. The maximum absolute atomic E-state index is 11.1. The first-order valence-electron chi connectivity index (χ1n) is 4.76. The van der Waals surface area contributed by atoms with Crippen LogP contribution in [0.2, 0.25) is 0 Å². The molecule has 0 spiro atoms. The van der Waals surface area contributed by atoms with E-state index in [-0.39, 0.29) is 16.2 Å². The van der Waals surface area contributed by atoms with Crippen molar-refractivity contribution in [2.24, 2.45) is 5.14 Å². The number of amides is 1. The van der Waals surface area contributed by atoms with E-state index in [9.17, 15) is 13.2 Å². The van der Waals surface area contributed by atoms with Gasteiger partial charge in [0, 0.05) is 11.3 Å². The predicted molar refractivity (Wildman–Crippen MR) is 62.5 cm³/mol. The molecule has 1 amide bonds. The van der Waals surface area contributed by atoms with Gasteiger partial charge in [0.05, 0.1) is 6.04 Å². The van der Waals surface area contributed by atoms with E-state index in [4.69, 9.17) is 5.14 Å². The summed E-state index contributed by atoms with van der Waals surface area (Å²) in [6, 6.07) is 2.91. The highest BCUT2D eigenvalue weighted by Crippen LogP contribution is 2.25. The Balaban J connectivity index is 2.82. The Kier molecular flexibility index (Phi) is 4.06. The number of sulfonamides is 1. The summed E-state index contributed by atoms with van der Waals surface area (Å²) in [4.78, 5) is 11.9. The molecule has 0 aliphatic carbocycles. The third-order valence-electron chi connectivity index (χ3n) is 2.01. The molecule has 0 fully saturated rings. The van der Waals surface area contributed by atoms with Crippen LogP contribution in [0.15, 0.2) is 16.3 Å². The Labute approximate surface area is 98.7 Å². The molecule has 3 N–H and O–H groups in total. The van der Waals surface area contributed by atoms with Gasteiger partial charge in [0.15, 0.2) is 0 Å². The van der Waals surface area contributed by atoms with E-state index in [0.717, 1.165) is 16.2 Å². The number of hydrogen-bond acceptors (Lipinski definition) is 4. The molecular weight excluding hydrogens is 248 g/mol. The van der Waals surface area contributed by atoms with E-state index in [2.05, 4.69) is 5.32 Å². The van der Waals surface area contributed by atoms with Gasteiger partial charge in [0.1, 0.15) is 4.21 Å². The highest BCUT2D eigenvalue weighted by atomic mass is 32.2. The van der Waals surface area contributed by atoms with E-state index in [1.165, 1.54) is 6.07 Å². The lowest BCUT2D eigenvalue weighted by Gasteiger charge is -2.10. The second-order valence-electron chi connectivity index (χ2n) is 3.34. The maximum atomic E-state index is 11.1. The van der Waals surface area contributed by atoms with Crippen LogP contribution in [-0.4, -0.2) is 14.3 Å². The quantitative estimate of drug-likeness (QED) is 0.847. The SMILES string of the molecule is CCC(=O)NC(C)c1ccc(S(N)(=O)=O)s1. The molecular formula is C9H14N2O3S2. The Morgan fingerprint density at radius 3 is 2.62 bits per heavy atom. The van der Waals surface area contributed by atoms with Crippen molar-refractivity contribution in [3.8, 4) is 0 Å². The van der Waals surface area contributed by atoms with Gasteiger partial charge in [0.25, 0.3) is 0 Å². The van der Waals surface area contributed by atoms with Gasteiger partial charge in [-0.3, -0.25) is 4.79 Å². The van der Waals surface area contributed by atoms with Crippen LogP contribution in [0.4, 0.5) is 0 Å². The Hall–Kier alpha value is -0.920. The minimum absolute atomic E-state index is 0.0712. The van der Waals surface area contributed by atoms with E-state index in [0.29, 0.717) is 6.42 Å². The zero-order chi connectivity index (χ0) is 12.3. The van der Waals surface area contributed by atoms with Crippen LogP contribution in [0.3, 0.4) is 0 Å². The number of carbonyl (C=O) groups is 1. The molecule has 90 valence electrons. The second kappa shape index (κ2) is 4.94. The fourth-order valence-corrected chi connectivity index (χ4v) is 2.89. The highest BCUT2D eigenvalue weighted by Gasteiger charge is 2.15. The summed E-state index contributed by atoms with van der Waals surface area (Å²) >= 11 is 1.07. The van der Waals surface area contributed by atoms with Crippen LogP contribution in [0.5, 0.6) is 0 Å². The van der Waals surface area contributed by atoms with Gasteiger partial charge in [-0.25, -0.2) is 13.6 Å². The number of hydrogen-bond donors (Lipinski definition) is 2. The second-order valence-corrected chi connectivity index (χ2v) is 6.25. The van der Waals surface area contributed by atoms with Crippen LogP contribution < -0.4 is 10.5 Å². The van der Waals surface area contributed by atoms with E-state index in [1.54, 1.807) is 19.9 Å². The van der Waals surface area contributed by atoms with Gasteiger partial charge >= 0.3 is 0 Å². The minimum atomic E-state index is -3.64. The Bertz CT molecular complexity index is 479. The standard InChI is InChI=1S/C9H14N2O3S2/c1-3-8(12)11-6(2)7-4-5-9(15-7)16(10,13)14/h4-6H,3H2,1-2H3,(H,11,12)(H2,10,13,14). The first-order valence-corrected chi connectivity index (χ1v) is 7.12. The number of nitrogens with two attached hydrogens (primary N) is 1. The summed E-state index contributed by atoms with van der Waals surface area (Å²) in [5, 5.41) is 7.74. The van der Waals surface area contributed by atoms with Crippen LogP contribution in [0.25, 0.3) is 0 Å². The lowest BCUT2D eigenvalue weighted by atomic mass is 10.2. The van der Waals surface area contributed by atoms with Crippen molar-refractivity contribution in [2.75, 3.05) is 0 Å². The number of carbonyl (C=O) groups excluding carboxylic acids is 1. The summed E-state index contributed by atoms with van der Waals surface area (Å²) in [7, 11) is -3.64. The van der Waals surface area contributed by atoms with Crippen molar-refractivity contribution in [1.29, 1.82) is 0 Å². The predicted octanol–water partition coefficient (Wildman–Crippen LogP) is 0.983. The van der Waals surface area contributed by atoms with E-state index >= 15 is 0 Å². The number of nitrogens with one attached hydrogen (secondary N) is 1. The number of rotatable bonds is 4. The molecule has 0 saturated heterocycles. The highest BCUT2D eigenvalue weighted by molar-refractivity contribution is 7.91. The lowest BCUT2D eigenvalue weighted by molar-refractivity contribution is -0.121. The molecule has 0 radical (unpaired) electrons. The maximum Gasteiger partial charge on any atom is 0.247 e. The van der Waals surface area contributed by atoms with Gasteiger partial charge in [-0.15, -0.1) is 11.3 Å². The van der Waals surface area contributed by atoms with Crippen LogP contribution >= 0.6 is 11.3 Å². The Morgan fingerprint density at radius 1 is 1.56 bits per heavy atom. The van der Waals surface area contributed by atoms with Crippen LogP contribution in [0, 0.1) is 0 Å². The summed E-state index contributed by atoms with van der Waals surface area (Å²) in [6.45, 7) is 3.55. The normalized spacial score (nSPS) is 13.4. The van der Waals surface area contributed by atoms with Crippen molar-refractivity contribution in [3.05, 3.63) is 17.0 Å². The molecule has 1 aromatic heterocycles. The molecule has 5 nitrogen and oxygen atoms in total. The molecule has 0 saturated carbocycles. The number of primary sulfonamides is 1. The molecule has 16 heavy (non-hydrogen) atoms. The summed E-state index contributed by atoms with van der Waals surface area (Å²) in [6.07, 6.45) is 0.401. The summed E-state index contributed by atoms with van der Waals surface area (Å²) in [5.74, 6) is -0.0712. The topological polar surface area (TPSA) is 89.3 Å². The van der Waals surface area contributed by atoms with Gasteiger partial charge in [-0.2, -0.15) is 0 Å². The molecule has 0 aliphatic heterocycles. The smallest absolute Gasteiger partial charge is 0.247 e. The molecule has 1 atom stereocenters. The average Bonchev–Trinajstić information content (AvgIpc) is 2.65. The van der Waals surface area contributed by atoms with Gasteiger partial charge in [-0.05, 0) is 19.1 Å². The zero-order valence-electron chi connectivity index (χ0n) is 9.06. The van der Waals surface area contributed by atoms with E-state index in [1.807, 2.05) is 0 Å². The molecule has 1 unspecified atom stereocenters. The first kappa shape index (κ1) is 13.1. The van der Waals surface area contributed by atoms with Gasteiger partial charge in [0.2, 0.25) is 15.9 Å². The fourth-order valence-electron chi connectivity index (χ4n) is 1.13. The third-order valence-corrected chi connectivity index (χ3v) is 4.71. The van der Waals surface area contributed by atoms with Gasteiger partial charge < -0.3 is 5.32 Å². The fraction of sp³-hybridized carbons (Fsp3) is 0.444. The molecule has 1 heterocycles. The molecule has 7 heteroatoms. The largest absolute Gasteiger partial charge is 0.349 e. The van der Waals surface area contributed by atoms with Crippen molar-refractivity contribution in [1.82, 2.24) is 5.32 Å². The average molecular weight is 262 g/mol. The molecule has 0 bridgehead atoms. The van der Waals surface area contributed by atoms with Crippen molar-refractivity contribution < 1.29 is 13.2 Å².